The normalized spacial score (nSPS) is 14.0. The molecule has 0 aliphatic carbocycles. The topological polar surface area (TPSA) is 74.2 Å². The molecule has 0 radical (unpaired) electrons. The zero-order valence-electron chi connectivity index (χ0n) is 14.8. The standard InChI is InChI=1S/C18H20N6OS/c1-23(2)16-14(10-19-18(22-16)24-7-3-4-8-24)21-17(25)12-5-6-13-15(9-12)26-11-20-13/h5-6,9-11H,3-4,7-8H2,1-2H3,(H,21,25). The van der Waals surface area contributed by atoms with Gasteiger partial charge < -0.3 is 15.1 Å². The van der Waals surface area contributed by atoms with Crippen molar-refractivity contribution < 1.29 is 4.79 Å². The number of anilines is 3. The molecule has 1 N–H and O–H groups in total. The van der Waals surface area contributed by atoms with Gasteiger partial charge in [-0.2, -0.15) is 4.98 Å². The monoisotopic (exact) mass is 368 g/mol. The summed E-state index contributed by atoms with van der Waals surface area (Å²) in [6, 6.07) is 5.50. The number of carbonyl (C=O) groups excluding carboxylic acids is 1. The molecule has 1 fully saturated rings. The molecule has 1 amide bonds. The number of benzene rings is 1. The Morgan fingerprint density at radius 3 is 2.81 bits per heavy atom. The summed E-state index contributed by atoms with van der Waals surface area (Å²) < 4.78 is 0.992. The SMILES string of the molecule is CN(C)c1nc(N2CCCC2)ncc1NC(=O)c1ccc2ncsc2c1. The van der Waals surface area contributed by atoms with E-state index in [0.717, 1.165) is 29.3 Å². The van der Waals surface area contributed by atoms with E-state index in [2.05, 4.69) is 25.2 Å². The number of amides is 1. The van der Waals surface area contributed by atoms with Crippen molar-refractivity contribution in [2.24, 2.45) is 0 Å². The van der Waals surface area contributed by atoms with Crippen molar-refractivity contribution >= 4 is 44.9 Å². The Morgan fingerprint density at radius 2 is 2.04 bits per heavy atom. The molecule has 1 aliphatic rings. The van der Waals surface area contributed by atoms with E-state index >= 15 is 0 Å². The van der Waals surface area contributed by atoms with Crippen molar-refractivity contribution in [3.05, 3.63) is 35.5 Å². The molecule has 26 heavy (non-hydrogen) atoms. The molecule has 0 spiro atoms. The number of thiazole rings is 1. The maximum absolute atomic E-state index is 12.7. The van der Waals surface area contributed by atoms with Crippen molar-refractivity contribution in [2.75, 3.05) is 42.3 Å². The van der Waals surface area contributed by atoms with Gasteiger partial charge >= 0.3 is 0 Å². The first-order chi connectivity index (χ1) is 12.6. The van der Waals surface area contributed by atoms with Crippen molar-refractivity contribution in [1.29, 1.82) is 0 Å². The predicted molar refractivity (Wildman–Crippen MR) is 105 cm³/mol. The first kappa shape index (κ1) is 16.7. The molecule has 1 aliphatic heterocycles. The molecule has 2 aromatic heterocycles. The highest BCUT2D eigenvalue weighted by molar-refractivity contribution is 7.16. The molecule has 134 valence electrons. The summed E-state index contributed by atoms with van der Waals surface area (Å²) in [5.74, 6) is 1.24. The average Bonchev–Trinajstić information content (AvgIpc) is 3.32. The number of hydrogen-bond donors (Lipinski definition) is 1. The van der Waals surface area contributed by atoms with E-state index in [1.807, 2.05) is 31.1 Å². The van der Waals surface area contributed by atoms with Crippen molar-refractivity contribution in [3.63, 3.8) is 0 Å². The Labute approximate surface area is 155 Å². The molecule has 1 aromatic carbocycles. The van der Waals surface area contributed by atoms with Crippen LogP contribution >= 0.6 is 11.3 Å². The summed E-state index contributed by atoms with van der Waals surface area (Å²) in [5.41, 5.74) is 3.88. The van der Waals surface area contributed by atoms with Gasteiger partial charge in [-0.3, -0.25) is 4.79 Å². The summed E-state index contributed by atoms with van der Waals surface area (Å²) >= 11 is 1.52. The molecule has 8 heteroatoms. The third kappa shape index (κ3) is 3.20. The van der Waals surface area contributed by atoms with Crippen molar-refractivity contribution in [3.8, 4) is 0 Å². The van der Waals surface area contributed by atoms with Crippen LogP contribution in [0.25, 0.3) is 10.2 Å². The molecule has 0 unspecified atom stereocenters. The van der Waals surface area contributed by atoms with Gasteiger partial charge in [0.1, 0.15) is 5.69 Å². The highest BCUT2D eigenvalue weighted by atomic mass is 32.1. The minimum absolute atomic E-state index is 0.180. The van der Waals surface area contributed by atoms with Crippen LogP contribution in [0.15, 0.2) is 29.9 Å². The van der Waals surface area contributed by atoms with Crippen LogP contribution in [0.5, 0.6) is 0 Å². The fourth-order valence-corrected chi connectivity index (χ4v) is 3.77. The maximum Gasteiger partial charge on any atom is 0.255 e. The predicted octanol–water partition coefficient (Wildman–Crippen LogP) is 3.00. The summed E-state index contributed by atoms with van der Waals surface area (Å²) in [6.07, 6.45) is 4.03. The van der Waals surface area contributed by atoms with E-state index < -0.39 is 0 Å². The third-order valence-electron chi connectivity index (χ3n) is 4.41. The van der Waals surface area contributed by atoms with E-state index in [1.165, 1.54) is 24.2 Å². The molecule has 0 bridgehead atoms. The number of fused-ring (bicyclic) bond motifs is 1. The second kappa shape index (κ2) is 6.87. The largest absolute Gasteiger partial charge is 0.361 e. The number of hydrogen-bond acceptors (Lipinski definition) is 7. The van der Waals surface area contributed by atoms with E-state index in [-0.39, 0.29) is 5.91 Å². The second-order valence-corrected chi connectivity index (χ2v) is 7.37. The van der Waals surface area contributed by atoms with Gasteiger partial charge in [0.05, 0.1) is 21.9 Å². The van der Waals surface area contributed by atoms with Crippen LogP contribution in [-0.4, -0.2) is 48.0 Å². The van der Waals surface area contributed by atoms with E-state index in [1.54, 1.807) is 17.8 Å². The number of nitrogens with one attached hydrogen (secondary N) is 1. The van der Waals surface area contributed by atoms with Crippen LogP contribution < -0.4 is 15.1 Å². The van der Waals surface area contributed by atoms with Crippen LogP contribution in [0.3, 0.4) is 0 Å². The highest BCUT2D eigenvalue weighted by Gasteiger charge is 2.19. The van der Waals surface area contributed by atoms with Gasteiger partial charge in [-0.05, 0) is 31.0 Å². The molecule has 4 rings (SSSR count). The fourth-order valence-electron chi connectivity index (χ4n) is 3.05. The summed E-state index contributed by atoms with van der Waals surface area (Å²) in [5, 5.41) is 2.94. The summed E-state index contributed by atoms with van der Waals surface area (Å²) in [4.78, 5) is 30.1. The molecule has 0 saturated carbocycles. The lowest BCUT2D eigenvalue weighted by Gasteiger charge is -2.21. The lowest BCUT2D eigenvalue weighted by Crippen LogP contribution is -2.23. The Morgan fingerprint density at radius 1 is 1.23 bits per heavy atom. The summed E-state index contributed by atoms with van der Waals surface area (Å²) in [7, 11) is 3.82. The maximum atomic E-state index is 12.7. The molecule has 3 heterocycles. The second-order valence-electron chi connectivity index (χ2n) is 6.48. The first-order valence-corrected chi connectivity index (χ1v) is 9.44. The number of rotatable bonds is 4. The first-order valence-electron chi connectivity index (χ1n) is 8.56. The fraction of sp³-hybridized carbons (Fsp3) is 0.333. The van der Waals surface area contributed by atoms with Crippen LogP contribution in [0.1, 0.15) is 23.2 Å². The molecular weight excluding hydrogens is 348 g/mol. The highest BCUT2D eigenvalue weighted by Crippen LogP contribution is 2.26. The van der Waals surface area contributed by atoms with Gasteiger partial charge in [0.25, 0.3) is 5.91 Å². The Bertz CT molecular complexity index is 948. The minimum Gasteiger partial charge on any atom is -0.361 e. The van der Waals surface area contributed by atoms with E-state index in [9.17, 15) is 4.79 Å². The van der Waals surface area contributed by atoms with Crippen LogP contribution in [0.4, 0.5) is 17.5 Å². The molecule has 3 aromatic rings. The molecular formula is C18H20N6OS. The molecule has 0 atom stereocenters. The quantitative estimate of drug-likeness (QED) is 0.763. The lowest BCUT2D eigenvalue weighted by molar-refractivity contribution is 0.102. The van der Waals surface area contributed by atoms with Gasteiger partial charge in [-0.15, -0.1) is 11.3 Å². The Kier molecular flexibility index (Phi) is 4.42. The van der Waals surface area contributed by atoms with Crippen molar-refractivity contribution in [2.45, 2.75) is 12.8 Å². The Balaban J connectivity index is 1.60. The zero-order chi connectivity index (χ0) is 18.1. The van der Waals surface area contributed by atoms with Gasteiger partial charge in [0.15, 0.2) is 5.82 Å². The smallest absolute Gasteiger partial charge is 0.255 e. The number of carbonyl (C=O) groups is 1. The third-order valence-corrected chi connectivity index (χ3v) is 5.20. The van der Waals surface area contributed by atoms with E-state index in [0.29, 0.717) is 17.1 Å². The molecule has 7 nitrogen and oxygen atoms in total. The van der Waals surface area contributed by atoms with Gasteiger partial charge in [-0.1, -0.05) is 0 Å². The van der Waals surface area contributed by atoms with Crippen LogP contribution in [0, 0.1) is 0 Å². The lowest BCUT2D eigenvalue weighted by atomic mass is 10.2. The van der Waals surface area contributed by atoms with E-state index in [4.69, 9.17) is 0 Å². The summed E-state index contributed by atoms with van der Waals surface area (Å²) in [6.45, 7) is 1.96. The van der Waals surface area contributed by atoms with Crippen LogP contribution in [0.2, 0.25) is 0 Å². The average molecular weight is 368 g/mol. The van der Waals surface area contributed by atoms with Gasteiger partial charge in [-0.25, -0.2) is 9.97 Å². The zero-order valence-corrected chi connectivity index (χ0v) is 15.6. The Hall–Kier alpha value is -2.74. The minimum atomic E-state index is -0.180. The van der Waals surface area contributed by atoms with Crippen LogP contribution in [-0.2, 0) is 0 Å². The molecule has 1 saturated heterocycles. The number of aromatic nitrogens is 3. The van der Waals surface area contributed by atoms with Gasteiger partial charge in [0.2, 0.25) is 5.95 Å². The van der Waals surface area contributed by atoms with Crippen molar-refractivity contribution in [1.82, 2.24) is 15.0 Å². The van der Waals surface area contributed by atoms with Gasteiger partial charge in [0, 0.05) is 32.7 Å². The number of nitrogens with zero attached hydrogens (tertiary/aromatic N) is 5.